The molecule has 0 bridgehead atoms. The van der Waals surface area contributed by atoms with Crippen LogP contribution in [0, 0.1) is 13.8 Å². The molecule has 1 atom stereocenters. The zero-order valence-corrected chi connectivity index (χ0v) is 14.6. The molecule has 124 valence electrons. The largest absolute Gasteiger partial charge is 0.358 e. The van der Waals surface area contributed by atoms with Gasteiger partial charge in [0.15, 0.2) is 0 Å². The molecule has 4 nitrogen and oxygen atoms in total. The standard InChI is InChI=1S/C19H20N2O2S/c1-12-7-8-19(13(2)9-12)24(22,23)21-14-10-16-15-5-3-4-6-17(15)20-18(16)11-14/h3-9,14,20-21H,10-11H2,1-2H3. The lowest BCUT2D eigenvalue weighted by Crippen LogP contribution is -2.35. The second-order valence-corrected chi connectivity index (χ2v) is 8.31. The summed E-state index contributed by atoms with van der Waals surface area (Å²) in [6.07, 6.45) is 1.43. The van der Waals surface area contributed by atoms with Crippen molar-refractivity contribution in [1.29, 1.82) is 0 Å². The first-order chi connectivity index (χ1) is 11.4. The number of para-hydroxylation sites is 1. The van der Waals surface area contributed by atoms with E-state index in [9.17, 15) is 8.42 Å². The molecule has 0 saturated carbocycles. The normalized spacial score (nSPS) is 17.3. The first kappa shape index (κ1) is 15.4. The van der Waals surface area contributed by atoms with Crippen molar-refractivity contribution in [3.63, 3.8) is 0 Å². The number of H-pyrrole nitrogens is 1. The van der Waals surface area contributed by atoms with Gasteiger partial charge in [-0.3, -0.25) is 0 Å². The third-order valence-corrected chi connectivity index (χ3v) is 6.43. The highest BCUT2D eigenvalue weighted by Crippen LogP contribution is 2.30. The molecule has 3 aromatic rings. The zero-order valence-electron chi connectivity index (χ0n) is 13.8. The highest BCUT2D eigenvalue weighted by molar-refractivity contribution is 7.89. The SMILES string of the molecule is Cc1ccc(S(=O)(=O)NC2Cc3[nH]c4ccccc4c3C2)c(C)c1. The fourth-order valence-corrected chi connectivity index (χ4v) is 5.16. The van der Waals surface area contributed by atoms with E-state index in [4.69, 9.17) is 0 Å². The van der Waals surface area contributed by atoms with E-state index in [1.165, 1.54) is 10.9 Å². The summed E-state index contributed by atoms with van der Waals surface area (Å²) < 4.78 is 28.4. The number of aryl methyl sites for hydroxylation is 2. The van der Waals surface area contributed by atoms with Crippen molar-refractivity contribution in [3.05, 3.63) is 64.8 Å². The van der Waals surface area contributed by atoms with E-state index >= 15 is 0 Å². The van der Waals surface area contributed by atoms with Crippen molar-refractivity contribution in [1.82, 2.24) is 9.71 Å². The van der Waals surface area contributed by atoms with Crippen molar-refractivity contribution in [2.24, 2.45) is 0 Å². The van der Waals surface area contributed by atoms with E-state index in [2.05, 4.69) is 21.8 Å². The van der Waals surface area contributed by atoms with Gasteiger partial charge in [0.2, 0.25) is 10.0 Å². The smallest absolute Gasteiger partial charge is 0.241 e. The van der Waals surface area contributed by atoms with E-state index in [0.29, 0.717) is 11.3 Å². The number of aromatic amines is 1. The highest BCUT2D eigenvalue weighted by Gasteiger charge is 2.29. The van der Waals surface area contributed by atoms with Crippen molar-refractivity contribution < 1.29 is 8.42 Å². The Morgan fingerprint density at radius 2 is 1.88 bits per heavy atom. The van der Waals surface area contributed by atoms with Gasteiger partial charge in [0, 0.05) is 29.1 Å². The van der Waals surface area contributed by atoms with E-state index in [0.717, 1.165) is 28.8 Å². The molecule has 0 amide bonds. The lowest BCUT2D eigenvalue weighted by molar-refractivity contribution is 0.554. The number of hydrogen-bond acceptors (Lipinski definition) is 2. The molecule has 0 saturated heterocycles. The molecular formula is C19H20N2O2S. The zero-order chi connectivity index (χ0) is 16.9. The van der Waals surface area contributed by atoms with Crippen LogP contribution in [0.3, 0.4) is 0 Å². The molecule has 0 spiro atoms. The fourth-order valence-electron chi connectivity index (χ4n) is 3.70. The predicted octanol–water partition coefficient (Wildman–Crippen LogP) is 3.23. The van der Waals surface area contributed by atoms with Crippen LogP contribution < -0.4 is 4.72 Å². The second-order valence-electron chi connectivity index (χ2n) is 6.62. The maximum Gasteiger partial charge on any atom is 0.241 e. The number of fused-ring (bicyclic) bond motifs is 3. The van der Waals surface area contributed by atoms with Gasteiger partial charge in [-0.05, 0) is 43.5 Å². The minimum Gasteiger partial charge on any atom is -0.358 e. The molecule has 1 heterocycles. The first-order valence-corrected chi connectivity index (χ1v) is 9.60. The number of benzene rings is 2. The average Bonchev–Trinajstić information content (AvgIpc) is 3.03. The Bertz CT molecular complexity index is 1030. The Kier molecular flexibility index (Phi) is 3.51. The molecule has 1 unspecified atom stereocenters. The summed E-state index contributed by atoms with van der Waals surface area (Å²) >= 11 is 0. The van der Waals surface area contributed by atoms with E-state index in [-0.39, 0.29) is 6.04 Å². The summed E-state index contributed by atoms with van der Waals surface area (Å²) in [6, 6.07) is 13.5. The van der Waals surface area contributed by atoms with Gasteiger partial charge in [-0.2, -0.15) is 0 Å². The molecule has 0 fully saturated rings. The number of aromatic nitrogens is 1. The first-order valence-electron chi connectivity index (χ1n) is 8.12. The lowest BCUT2D eigenvalue weighted by atomic mass is 10.1. The fraction of sp³-hybridized carbons (Fsp3) is 0.263. The van der Waals surface area contributed by atoms with Crippen LogP contribution in [0.1, 0.15) is 22.4 Å². The summed E-state index contributed by atoms with van der Waals surface area (Å²) in [5, 5.41) is 1.20. The summed E-state index contributed by atoms with van der Waals surface area (Å²) in [4.78, 5) is 3.78. The molecule has 24 heavy (non-hydrogen) atoms. The van der Waals surface area contributed by atoms with Gasteiger partial charge < -0.3 is 4.98 Å². The van der Waals surface area contributed by atoms with E-state index in [1.54, 1.807) is 6.07 Å². The van der Waals surface area contributed by atoms with Crippen molar-refractivity contribution in [2.45, 2.75) is 37.6 Å². The Hall–Kier alpha value is -2.11. The molecule has 1 aliphatic carbocycles. The number of sulfonamides is 1. The monoisotopic (exact) mass is 340 g/mol. The molecular weight excluding hydrogens is 320 g/mol. The topological polar surface area (TPSA) is 62.0 Å². The second kappa shape index (κ2) is 5.46. The maximum atomic E-state index is 12.7. The van der Waals surface area contributed by atoms with Crippen molar-refractivity contribution >= 4 is 20.9 Å². The minimum absolute atomic E-state index is 0.0958. The average molecular weight is 340 g/mol. The third kappa shape index (κ3) is 2.54. The number of rotatable bonds is 3. The Morgan fingerprint density at radius 3 is 2.67 bits per heavy atom. The van der Waals surface area contributed by atoms with Crippen LogP contribution in [0.5, 0.6) is 0 Å². The van der Waals surface area contributed by atoms with Crippen molar-refractivity contribution in [2.75, 3.05) is 0 Å². The van der Waals surface area contributed by atoms with Gasteiger partial charge >= 0.3 is 0 Å². The molecule has 1 aliphatic rings. The Morgan fingerprint density at radius 1 is 1.08 bits per heavy atom. The molecule has 2 aromatic carbocycles. The maximum absolute atomic E-state index is 12.7. The quantitative estimate of drug-likeness (QED) is 0.769. The summed E-state index contributed by atoms with van der Waals surface area (Å²) in [5.74, 6) is 0. The molecule has 0 radical (unpaired) electrons. The number of nitrogens with one attached hydrogen (secondary N) is 2. The molecule has 2 N–H and O–H groups in total. The molecule has 0 aliphatic heterocycles. The summed E-state index contributed by atoms with van der Waals surface area (Å²) in [7, 11) is -3.50. The van der Waals surface area contributed by atoms with E-state index < -0.39 is 10.0 Å². The Balaban J connectivity index is 1.60. The van der Waals surface area contributed by atoms with Gasteiger partial charge in [-0.1, -0.05) is 35.9 Å². The van der Waals surface area contributed by atoms with Crippen LogP contribution in [0.2, 0.25) is 0 Å². The third-order valence-electron chi connectivity index (χ3n) is 4.74. The molecule has 4 rings (SSSR count). The summed E-state index contributed by atoms with van der Waals surface area (Å²) in [6.45, 7) is 3.80. The summed E-state index contributed by atoms with van der Waals surface area (Å²) in [5.41, 5.74) is 5.35. The molecule has 5 heteroatoms. The van der Waals surface area contributed by atoms with Crippen LogP contribution in [0.15, 0.2) is 47.4 Å². The number of hydrogen-bond donors (Lipinski definition) is 2. The van der Waals surface area contributed by atoms with Crippen LogP contribution in [-0.4, -0.2) is 19.4 Å². The highest BCUT2D eigenvalue weighted by atomic mass is 32.2. The molecule has 1 aromatic heterocycles. The van der Waals surface area contributed by atoms with Crippen LogP contribution >= 0.6 is 0 Å². The van der Waals surface area contributed by atoms with Crippen LogP contribution in [-0.2, 0) is 22.9 Å². The van der Waals surface area contributed by atoms with Gasteiger partial charge in [0.1, 0.15) is 0 Å². The predicted molar refractivity (Wildman–Crippen MR) is 95.7 cm³/mol. The van der Waals surface area contributed by atoms with Gasteiger partial charge in [0.05, 0.1) is 4.90 Å². The van der Waals surface area contributed by atoms with Gasteiger partial charge in [-0.15, -0.1) is 0 Å². The van der Waals surface area contributed by atoms with Crippen LogP contribution in [0.25, 0.3) is 10.9 Å². The van der Waals surface area contributed by atoms with Crippen LogP contribution in [0.4, 0.5) is 0 Å². The van der Waals surface area contributed by atoms with E-state index in [1.807, 2.05) is 38.1 Å². The van der Waals surface area contributed by atoms with Crippen molar-refractivity contribution in [3.8, 4) is 0 Å². The lowest BCUT2D eigenvalue weighted by Gasteiger charge is -2.15. The minimum atomic E-state index is -3.50. The van der Waals surface area contributed by atoms with Gasteiger partial charge in [-0.25, -0.2) is 13.1 Å². The van der Waals surface area contributed by atoms with Gasteiger partial charge in [0.25, 0.3) is 0 Å². The Labute approximate surface area is 142 Å².